The van der Waals surface area contributed by atoms with E-state index in [9.17, 15) is 9.59 Å². The van der Waals surface area contributed by atoms with Gasteiger partial charge in [0.25, 0.3) is 0 Å². The van der Waals surface area contributed by atoms with Crippen molar-refractivity contribution < 1.29 is 9.59 Å². The van der Waals surface area contributed by atoms with Crippen LogP contribution in [0.25, 0.3) is 0 Å². The normalized spacial score (nSPS) is 17.2. The van der Waals surface area contributed by atoms with Crippen LogP contribution in [0.5, 0.6) is 0 Å². The van der Waals surface area contributed by atoms with Crippen LogP contribution < -0.4 is 5.32 Å². The lowest BCUT2D eigenvalue weighted by Gasteiger charge is -2.37. The quantitative estimate of drug-likeness (QED) is 0.892. The molecule has 1 N–H and O–H groups in total. The summed E-state index contributed by atoms with van der Waals surface area (Å²) in [6, 6.07) is 7.40. The summed E-state index contributed by atoms with van der Waals surface area (Å²) in [5.41, 5.74) is 0.558. The highest BCUT2D eigenvalue weighted by molar-refractivity contribution is 6.31. The highest BCUT2D eigenvalue weighted by Gasteiger charge is 2.30. The van der Waals surface area contributed by atoms with Crippen LogP contribution >= 0.6 is 11.6 Å². The van der Waals surface area contributed by atoms with Crippen molar-refractivity contribution >= 4 is 23.4 Å². The second kappa shape index (κ2) is 8.19. The first-order valence-electron chi connectivity index (χ1n) is 8.74. The number of amides is 2. The molecule has 1 heterocycles. The van der Waals surface area contributed by atoms with Gasteiger partial charge in [-0.1, -0.05) is 50.6 Å². The Morgan fingerprint density at radius 3 is 2.32 bits per heavy atom. The molecule has 25 heavy (non-hydrogen) atoms. The van der Waals surface area contributed by atoms with Crippen molar-refractivity contribution in [2.24, 2.45) is 5.41 Å². The third-order valence-corrected chi connectivity index (χ3v) is 4.76. The predicted molar refractivity (Wildman–Crippen MR) is 100 cm³/mol. The van der Waals surface area contributed by atoms with E-state index in [0.29, 0.717) is 24.7 Å². The van der Waals surface area contributed by atoms with Crippen molar-refractivity contribution in [3.8, 4) is 0 Å². The monoisotopic (exact) mass is 365 g/mol. The SMILES string of the molecule is CC(NC(=O)CN1CCN(C(=O)C(C)(C)C)CC1)c1ccccc1Cl. The Balaban J connectivity index is 1.81. The fourth-order valence-corrected chi connectivity index (χ4v) is 3.28. The third-order valence-electron chi connectivity index (χ3n) is 4.42. The third kappa shape index (κ3) is 5.44. The summed E-state index contributed by atoms with van der Waals surface area (Å²) in [6.45, 7) is 10.9. The van der Waals surface area contributed by atoms with E-state index in [4.69, 9.17) is 11.6 Å². The number of hydrogen-bond donors (Lipinski definition) is 1. The molecular weight excluding hydrogens is 338 g/mol. The van der Waals surface area contributed by atoms with Crippen LogP contribution in [0.4, 0.5) is 0 Å². The van der Waals surface area contributed by atoms with E-state index >= 15 is 0 Å². The molecule has 1 atom stereocenters. The van der Waals surface area contributed by atoms with Crippen molar-refractivity contribution in [2.45, 2.75) is 33.7 Å². The molecular formula is C19H28ClN3O2. The summed E-state index contributed by atoms with van der Waals surface area (Å²) in [4.78, 5) is 28.6. The predicted octanol–water partition coefficient (Wildman–Crippen LogP) is 2.71. The van der Waals surface area contributed by atoms with Gasteiger partial charge in [-0.3, -0.25) is 14.5 Å². The van der Waals surface area contributed by atoms with E-state index in [-0.39, 0.29) is 23.3 Å². The standard InChI is InChI=1S/C19H28ClN3O2/c1-14(15-7-5-6-8-16(15)20)21-17(24)13-22-9-11-23(12-10-22)18(25)19(2,3)4/h5-8,14H,9-13H2,1-4H3,(H,21,24). The molecule has 5 nitrogen and oxygen atoms in total. The van der Waals surface area contributed by atoms with Crippen LogP contribution in [0.3, 0.4) is 0 Å². The molecule has 1 saturated heterocycles. The first-order chi connectivity index (χ1) is 11.7. The molecule has 1 unspecified atom stereocenters. The molecule has 0 bridgehead atoms. The van der Waals surface area contributed by atoms with Crippen LogP contribution in [0, 0.1) is 5.41 Å². The minimum absolute atomic E-state index is 0.0250. The largest absolute Gasteiger partial charge is 0.348 e. The summed E-state index contributed by atoms with van der Waals surface area (Å²) >= 11 is 6.18. The molecule has 0 aliphatic carbocycles. The van der Waals surface area contributed by atoms with Gasteiger partial charge < -0.3 is 10.2 Å². The maximum Gasteiger partial charge on any atom is 0.234 e. The van der Waals surface area contributed by atoms with Crippen molar-refractivity contribution in [1.29, 1.82) is 0 Å². The van der Waals surface area contributed by atoms with E-state index in [2.05, 4.69) is 10.2 Å². The molecule has 138 valence electrons. The Labute approximate surface area is 155 Å². The maximum atomic E-state index is 12.3. The van der Waals surface area contributed by atoms with Gasteiger partial charge in [-0.05, 0) is 18.6 Å². The number of hydrogen-bond acceptors (Lipinski definition) is 3. The fraction of sp³-hybridized carbons (Fsp3) is 0.579. The van der Waals surface area contributed by atoms with E-state index in [1.807, 2.05) is 56.9 Å². The van der Waals surface area contributed by atoms with Crippen LogP contribution in [-0.2, 0) is 9.59 Å². The summed E-state index contributed by atoms with van der Waals surface area (Å²) in [5, 5.41) is 3.65. The topological polar surface area (TPSA) is 52.7 Å². The number of carbonyl (C=O) groups excluding carboxylic acids is 2. The highest BCUT2D eigenvalue weighted by Crippen LogP contribution is 2.22. The lowest BCUT2D eigenvalue weighted by atomic mass is 9.94. The summed E-state index contributed by atoms with van der Waals surface area (Å²) in [7, 11) is 0. The van der Waals surface area contributed by atoms with Crippen molar-refractivity contribution in [3.63, 3.8) is 0 Å². The molecule has 1 aromatic carbocycles. The Bertz CT molecular complexity index is 619. The molecule has 0 aromatic heterocycles. The highest BCUT2D eigenvalue weighted by atomic mass is 35.5. The Kier molecular flexibility index (Phi) is 6.47. The smallest absolute Gasteiger partial charge is 0.234 e. The average molecular weight is 366 g/mol. The second-order valence-corrected chi connectivity index (χ2v) is 8.04. The minimum Gasteiger partial charge on any atom is -0.348 e. The van der Waals surface area contributed by atoms with E-state index < -0.39 is 0 Å². The van der Waals surface area contributed by atoms with Gasteiger partial charge in [0.15, 0.2) is 0 Å². The summed E-state index contributed by atoms with van der Waals surface area (Å²) < 4.78 is 0. The molecule has 1 fully saturated rings. The summed E-state index contributed by atoms with van der Waals surface area (Å²) in [5.74, 6) is 0.145. The number of piperazine rings is 1. The Morgan fingerprint density at radius 2 is 1.76 bits per heavy atom. The number of nitrogens with one attached hydrogen (secondary N) is 1. The van der Waals surface area contributed by atoms with Gasteiger partial charge >= 0.3 is 0 Å². The molecule has 1 aromatic rings. The molecule has 1 aliphatic heterocycles. The van der Waals surface area contributed by atoms with Crippen molar-refractivity contribution in [1.82, 2.24) is 15.1 Å². The van der Waals surface area contributed by atoms with Gasteiger partial charge in [-0.25, -0.2) is 0 Å². The van der Waals surface area contributed by atoms with Gasteiger partial charge in [0.05, 0.1) is 12.6 Å². The fourth-order valence-electron chi connectivity index (χ4n) is 2.98. The zero-order valence-electron chi connectivity index (χ0n) is 15.5. The molecule has 0 saturated carbocycles. The molecule has 1 aliphatic rings. The number of nitrogens with zero attached hydrogens (tertiary/aromatic N) is 2. The number of halogens is 1. The van der Waals surface area contributed by atoms with Gasteiger partial charge in [-0.2, -0.15) is 0 Å². The van der Waals surface area contributed by atoms with E-state index in [1.165, 1.54) is 0 Å². The Hall–Kier alpha value is -1.59. The summed E-state index contributed by atoms with van der Waals surface area (Å²) in [6.07, 6.45) is 0. The number of rotatable bonds is 4. The first-order valence-corrected chi connectivity index (χ1v) is 9.12. The van der Waals surface area contributed by atoms with Crippen molar-refractivity contribution in [3.05, 3.63) is 34.9 Å². The molecule has 0 spiro atoms. The minimum atomic E-state index is -0.357. The van der Waals surface area contributed by atoms with Gasteiger partial charge in [-0.15, -0.1) is 0 Å². The lowest BCUT2D eigenvalue weighted by Crippen LogP contribution is -2.53. The van der Waals surface area contributed by atoms with Crippen LogP contribution in [0.1, 0.15) is 39.3 Å². The zero-order valence-corrected chi connectivity index (χ0v) is 16.3. The molecule has 2 amide bonds. The lowest BCUT2D eigenvalue weighted by molar-refractivity contribution is -0.141. The van der Waals surface area contributed by atoms with Crippen molar-refractivity contribution in [2.75, 3.05) is 32.7 Å². The molecule has 0 radical (unpaired) electrons. The van der Waals surface area contributed by atoms with Gasteiger partial charge in [0, 0.05) is 36.6 Å². The molecule has 2 rings (SSSR count). The average Bonchev–Trinajstić information content (AvgIpc) is 2.54. The number of benzene rings is 1. The zero-order chi connectivity index (χ0) is 18.6. The van der Waals surface area contributed by atoms with Gasteiger partial charge in [0.1, 0.15) is 0 Å². The van der Waals surface area contributed by atoms with Crippen LogP contribution in [-0.4, -0.2) is 54.3 Å². The molecule has 6 heteroatoms. The van der Waals surface area contributed by atoms with Crippen LogP contribution in [0.15, 0.2) is 24.3 Å². The maximum absolute atomic E-state index is 12.3. The number of carbonyl (C=O) groups is 2. The van der Waals surface area contributed by atoms with E-state index in [1.54, 1.807) is 0 Å². The van der Waals surface area contributed by atoms with E-state index in [0.717, 1.165) is 18.7 Å². The first kappa shape index (κ1) is 19.7. The van der Waals surface area contributed by atoms with Crippen LogP contribution in [0.2, 0.25) is 5.02 Å². The second-order valence-electron chi connectivity index (χ2n) is 7.63. The Morgan fingerprint density at radius 1 is 1.16 bits per heavy atom. The van der Waals surface area contributed by atoms with Gasteiger partial charge in [0.2, 0.25) is 11.8 Å².